The Labute approximate surface area is 111 Å². The Balaban J connectivity index is 1.78. The quantitative estimate of drug-likeness (QED) is 0.631. The summed E-state index contributed by atoms with van der Waals surface area (Å²) >= 11 is 0. The van der Waals surface area contributed by atoms with Gasteiger partial charge in [0.2, 0.25) is 11.0 Å². The van der Waals surface area contributed by atoms with Crippen LogP contribution in [-0.4, -0.2) is 34.0 Å². The van der Waals surface area contributed by atoms with Gasteiger partial charge in [-0.3, -0.25) is 4.79 Å². The predicted molar refractivity (Wildman–Crippen MR) is 67.8 cm³/mol. The van der Waals surface area contributed by atoms with Gasteiger partial charge in [-0.2, -0.15) is 0 Å². The summed E-state index contributed by atoms with van der Waals surface area (Å²) in [5.41, 5.74) is 0. The van der Waals surface area contributed by atoms with Gasteiger partial charge in [-0.25, -0.2) is 13.1 Å². The van der Waals surface area contributed by atoms with Crippen molar-refractivity contribution in [1.82, 2.24) is 15.4 Å². The summed E-state index contributed by atoms with van der Waals surface area (Å²) in [6.45, 7) is 0.489. The molecule has 0 unspecified atom stereocenters. The fraction of sp³-hybridized carbons (Fsp3) is 0.545. The summed E-state index contributed by atoms with van der Waals surface area (Å²) in [5.74, 6) is 0.408. The number of carbonyl (C=O) groups excluding carboxylic acids is 1. The molecule has 0 bridgehead atoms. The van der Waals surface area contributed by atoms with Crippen LogP contribution < -0.4 is 15.4 Å². The van der Waals surface area contributed by atoms with Crippen molar-refractivity contribution in [3.63, 3.8) is 0 Å². The van der Waals surface area contributed by atoms with E-state index < -0.39 is 10.0 Å². The molecule has 0 saturated heterocycles. The molecule has 3 N–H and O–H groups in total. The molecular formula is C11H17N3O4S. The van der Waals surface area contributed by atoms with Crippen molar-refractivity contribution in [1.29, 1.82) is 0 Å². The minimum Gasteiger partial charge on any atom is -0.447 e. The van der Waals surface area contributed by atoms with E-state index in [0.717, 1.165) is 12.8 Å². The van der Waals surface area contributed by atoms with Gasteiger partial charge in [0.05, 0.1) is 13.1 Å². The summed E-state index contributed by atoms with van der Waals surface area (Å²) in [5, 5.41) is 5.61. The number of hydrogen-bond acceptors (Lipinski definition) is 5. The largest absolute Gasteiger partial charge is 0.447 e. The van der Waals surface area contributed by atoms with Gasteiger partial charge in [0.15, 0.2) is 0 Å². The van der Waals surface area contributed by atoms with Crippen LogP contribution in [0.15, 0.2) is 21.6 Å². The lowest BCUT2D eigenvalue weighted by Gasteiger charge is -2.04. The monoisotopic (exact) mass is 287 g/mol. The third-order valence-electron chi connectivity index (χ3n) is 2.70. The molecule has 1 aliphatic rings. The van der Waals surface area contributed by atoms with E-state index >= 15 is 0 Å². The van der Waals surface area contributed by atoms with Crippen molar-refractivity contribution in [3.05, 3.63) is 17.9 Å². The van der Waals surface area contributed by atoms with Crippen LogP contribution in [0, 0.1) is 0 Å². The van der Waals surface area contributed by atoms with Gasteiger partial charge in [-0.15, -0.1) is 0 Å². The van der Waals surface area contributed by atoms with Crippen LogP contribution in [0.4, 0.5) is 0 Å². The highest BCUT2D eigenvalue weighted by Gasteiger charge is 2.22. The van der Waals surface area contributed by atoms with E-state index in [4.69, 9.17) is 4.42 Å². The number of sulfonamides is 1. The highest BCUT2D eigenvalue weighted by atomic mass is 32.2. The van der Waals surface area contributed by atoms with Crippen molar-refractivity contribution in [3.8, 4) is 0 Å². The molecule has 1 heterocycles. The van der Waals surface area contributed by atoms with Crippen LogP contribution in [0.25, 0.3) is 0 Å². The maximum atomic E-state index is 11.4. The van der Waals surface area contributed by atoms with Crippen LogP contribution in [-0.2, 0) is 21.4 Å². The zero-order valence-electron chi connectivity index (χ0n) is 10.6. The first-order chi connectivity index (χ1) is 9.01. The van der Waals surface area contributed by atoms with Gasteiger partial charge in [-0.1, -0.05) is 0 Å². The molecule has 0 aromatic carbocycles. The minimum atomic E-state index is -3.55. The summed E-state index contributed by atoms with van der Waals surface area (Å²) < 4.78 is 30.2. The lowest BCUT2D eigenvalue weighted by Crippen LogP contribution is -2.34. The zero-order valence-corrected chi connectivity index (χ0v) is 11.4. The standard InChI is InChI=1S/C11H17N3O4S/c1-12-19(16,17)11-5-4-9(18-11)6-13-7-10(15)14-8-2-3-8/h4-5,8,12-13H,2-3,6-7H2,1H3,(H,14,15). The molecule has 0 atom stereocenters. The van der Waals surface area contributed by atoms with E-state index in [9.17, 15) is 13.2 Å². The van der Waals surface area contributed by atoms with Crippen LogP contribution in [0.1, 0.15) is 18.6 Å². The van der Waals surface area contributed by atoms with E-state index in [0.29, 0.717) is 18.3 Å². The van der Waals surface area contributed by atoms with Crippen LogP contribution in [0.2, 0.25) is 0 Å². The Morgan fingerprint density at radius 1 is 1.42 bits per heavy atom. The first-order valence-corrected chi connectivity index (χ1v) is 7.52. The molecule has 1 fully saturated rings. The molecule has 1 saturated carbocycles. The highest BCUT2D eigenvalue weighted by Crippen LogP contribution is 2.18. The van der Waals surface area contributed by atoms with Crippen molar-refractivity contribution in [2.75, 3.05) is 13.6 Å². The molecule has 7 nitrogen and oxygen atoms in total. The van der Waals surface area contributed by atoms with Crippen molar-refractivity contribution in [2.24, 2.45) is 0 Å². The third kappa shape index (κ3) is 4.05. The van der Waals surface area contributed by atoms with Crippen LogP contribution in [0.3, 0.4) is 0 Å². The van der Waals surface area contributed by atoms with Crippen LogP contribution >= 0.6 is 0 Å². The normalized spacial score (nSPS) is 15.4. The fourth-order valence-electron chi connectivity index (χ4n) is 1.50. The van der Waals surface area contributed by atoms with Gasteiger partial charge in [-0.05, 0) is 32.0 Å². The number of amides is 1. The van der Waals surface area contributed by atoms with E-state index in [2.05, 4.69) is 15.4 Å². The molecule has 106 valence electrons. The van der Waals surface area contributed by atoms with Gasteiger partial charge in [0.1, 0.15) is 5.76 Å². The number of hydrogen-bond donors (Lipinski definition) is 3. The SMILES string of the molecule is CNS(=O)(=O)c1ccc(CNCC(=O)NC2CC2)o1. The average molecular weight is 287 g/mol. The molecular weight excluding hydrogens is 270 g/mol. The average Bonchev–Trinajstić information content (AvgIpc) is 3.04. The van der Waals surface area contributed by atoms with Crippen molar-refractivity contribution in [2.45, 2.75) is 30.5 Å². The second-order valence-corrected chi connectivity index (χ2v) is 6.19. The molecule has 1 amide bonds. The van der Waals surface area contributed by atoms with Gasteiger partial charge in [0.25, 0.3) is 10.0 Å². The fourth-order valence-corrected chi connectivity index (χ4v) is 2.17. The Morgan fingerprint density at radius 2 is 2.16 bits per heavy atom. The topological polar surface area (TPSA) is 100 Å². The van der Waals surface area contributed by atoms with Gasteiger partial charge >= 0.3 is 0 Å². The van der Waals surface area contributed by atoms with Crippen molar-refractivity contribution >= 4 is 15.9 Å². The molecule has 8 heteroatoms. The summed E-state index contributed by atoms with van der Waals surface area (Å²) in [6.07, 6.45) is 2.10. The predicted octanol–water partition coefficient (Wildman–Crippen LogP) is -0.444. The number of furan rings is 1. The summed E-state index contributed by atoms with van der Waals surface area (Å²) in [7, 11) is -2.23. The first-order valence-electron chi connectivity index (χ1n) is 6.03. The molecule has 1 aromatic rings. The number of nitrogens with one attached hydrogen (secondary N) is 3. The lowest BCUT2D eigenvalue weighted by molar-refractivity contribution is -0.120. The molecule has 1 aromatic heterocycles. The second-order valence-electron chi connectivity index (χ2n) is 4.37. The van der Waals surface area contributed by atoms with Gasteiger partial charge in [0, 0.05) is 6.04 Å². The molecule has 19 heavy (non-hydrogen) atoms. The van der Waals surface area contributed by atoms with Gasteiger partial charge < -0.3 is 15.1 Å². The van der Waals surface area contributed by atoms with E-state index in [1.54, 1.807) is 6.07 Å². The molecule has 1 aliphatic carbocycles. The maximum Gasteiger partial charge on any atom is 0.273 e. The molecule has 0 radical (unpaired) electrons. The summed E-state index contributed by atoms with van der Waals surface area (Å²) in [6, 6.07) is 3.29. The first kappa shape index (κ1) is 14.0. The van der Waals surface area contributed by atoms with E-state index in [1.807, 2.05) is 0 Å². The molecule has 2 rings (SSSR count). The Bertz CT molecular complexity index is 548. The molecule has 0 spiro atoms. The van der Waals surface area contributed by atoms with Crippen molar-refractivity contribution < 1.29 is 17.6 Å². The van der Waals surface area contributed by atoms with E-state index in [1.165, 1.54) is 13.1 Å². The Kier molecular flexibility index (Phi) is 4.23. The smallest absolute Gasteiger partial charge is 0.273 e. The number of carbonyl (C=O) groups is 1. The second kappa shape index (κ2) is 5.72. The Morgan fingerprint density at radius 3 is 2.79 bits per heavy atom. The van der Waals surface area contributed by atoms with Crippen LogP contribution in [0.5, 0.6) is 0 Å². The minimum absolute atomic E-state index is 0.0582. The lowest BCUT2D eigenvalue weighted by atomic mass is 10.4. The highest BCUT2D eigenvalue weighted by molar-refractivity contribution is 7.89. The zero-order chi connectivity index (χ0) is 13.9. The third-order valence-corrected chi connectivity index (χ3v) is 3.98. The summed E-state index contributed by atoms with van der Waals surface area (Å²) in [4.78, 5) is 11.4. The van der Waals surface area contributed by atoms with E-state index in [-0.39, 0.29) is 17.5 Å². The molecule has 0 aliphatic heterocycles. The number of rotatable bonds is 7. The Hall–Kier alpha value is -1.38. The maximum absolute atomic E-state index is 11.4.